The molecular formula is C42H24O2. The number of hydrogen-bond acceptors (Lipinski definition) is 2. The van der Waals surface area contributed by atoms with Crippen molar-refractivity contribution < 1.29 is 8.83 Å². The van der Waals surface area contributed by atoms with Gasteiger partial charge in [-0.15, -0.1) is 0 Å². The van der Waals surface area contributed by atoms with E-state index in [0.717, 1.165) is 49.4 Å². The minimum Gasteiger partial charge on any atom is -0.456 e. The van der Waals surface area contributed by atoms with E-state index in [0.29, 0.717) is 0 Å². The summed E-state index contributed by atoms with van der Waals surface area (Å²) in [5.74, 6) is 0. The first-order valence-electron chi connectivity index (χ1n) is 15.0. The van der Waals surface area contributed by atoms with Crippen LogP contribution in [0.4, 0.5) is 0 Å². The summed E-state index contributed by atoms with van der Waals surface area (Å²) in [6.45, 7) is 0. The molecule has 0 spiro atoms. The third kappa shape index (κ3) is 3.20. The number of para-hydroxylation sites is 2. The molecule has 44 heavy (non-hydrogen) atoms. The van der Waals surface area contributed by atoms with Crippen LogP contribution in [0.1, 0.15) is 0 Å². The third-order valence-electron chi connectivity index (χ3n) is 9.24. The number of hydrogen-bond donors (Lipinski definition) is 0. The van der Waals surface area contributed by atoms with Crippen molar-refractivity contribution in [2.75, 3.05) is 0 Å². The van der Waals surface area contributed by atoms with Crippen LogP contribution in [0.2, 0.25) is 0 Å². The molecule has 10 aromatic rings. The van der Waals surface area contributed by atoms with E-state index in [9.17, 15) is 0 Å². The topological polar surface area (TPSA) is 26.3 Å². The van der Waals surface area contributed by atoms with Gasteiger partial charge in [0.1, 0.15) is 22.3 Å². The molecule has 0 saturated carbocycles. The molecule has 0 bridgehead atoms. The Kier molecular flexibility index (Phi) is 4.75. The van der Waals surface area contributed by atoms with Crippen LogP contribution >= 0.6 is 0 Å². The van der Waals surface area contributed by atoms with Crippen LogP contribution in [0.25, 0.3) is 98.4 Å². The van der Waals surface area contributed by atoms with Gasteiger partial charge >= 0.3 is 0 Å². The minimum absolute atomic E-state index is 0.868. The van der Waals surface area contributed by atoms with Gasteiger partial charge in [-0.3, -0.25) is 0 Å². The lowest BCUT2D eigenvalue weighted by Crippen LogP contribution is -1.91. The lowest BCUT2D eigenvalue weighted by molar-refractivity contribution is 0.663. The first kappa shape index (κ1) is 23.7. The fraction of sp³-hybridized carbons (Fsp3) is 0. The molecule has 2 heteroatoms. The standard InChI is InChI=1S/C42H24O2/c1-2-11-26-24-27(21-20-25(26)10-1)38-28-12-3-5-14-30(28)39(31-15-6-4-13-29(31)38)33-17-9-18-34-41-37(44-42(33)34)23-22-36-40(41)32-16-7-8-19-35(32)43-36/h1-24H. The average Bonchev–Trinajstić information content (AvgIpc) is 3.65. The monoisotopic (exact) mass is 560 g/mol. The summed E-state index contributed by atoms with van der Waals surface area (Å²) < 4.78 is 13.0. The molecule has 10 rings (SSSR count). The summed E-state index contributed by atoms with van der Waals surface area (Å²) in [6, 6.07) is 51.9. The Bertz CT molecular complexity index is 2720. The SMILES string of the molecule is c1ccc2cc(-c3c4ccccc4c(-c4cccc5c4oc4ccc6oc7ccccc7c6c45)c4ccccc34)ccc2c1. The largest absolute Gasteiger partial charge is 0.456 e. The molecule has 0 aliphatic heterocycles. The Morgan fingerprint density at radius 2 is 0.909 bits per heavy atom. The molecule has 2 nitrogen and oxygen atoms in total. The summed E-state index contributed by atoms with van der Waals surface area (Å²) in [5.41, 5.74) is 8.30. The fourth-order valence-electron chi connectivity index (χ4n) is 7.38. The van der Waals surface area contributed by atoms with Crippen molar-refractivity contribution in [1.29, 1.82) is 0 Å². The van der Waals surface area contributed by atoms with Crippen molar-refractivity contribution in [2.45, 2.75) is 0 Å². The maximum Gasteiger partial charge on any atom is 0.143 e. The summed E-state index contributed by atoms with van der Waals surface area (Å²) in [6.07, 6.45) is 0. The van der Waals surface area contributed by atoms with Crippen LogP contribution in [0.15, 0.2) is 154 Å². The van der Waals surface area contributed by atoms with E-state index in [4.69, 9.17) is 8.83 Å². The second-order valence-corrected chi connectivity index (χ2v) is 11.6. The van der Waals surface area contributed by atoms with E-state index in [-0.39, 0.29) is 0 Å². The van der Waals surface area contributed by atoms with Crippen molar-refractivity contribution in [1.82, 2.24) is 0 Å². The number of furan rings is 2. The van der Waals surface area contributed by atoms with Crippen molar-refractivity contribution in [3.63, 3.8) is 0 Å². The second kappa shape index (κ2) is 8.82. The van der Waals surface area contributed by atoms with E-state index >= 15 is 0 Å². The fourth-order valence-corrected chi connectivity index (χ4v) is 7.38. The van der Waals surface area contributed by atoms with Crippen LogP contribution in [-0.4, -0.2) is 0 Å². The molecule has 0 saturated heterocycles. The Morgan fingerprint density at radius 1 is 0.341 bits per heavy atom. The second-order valence-electron chi connectivity index (χ2n) is 11.6. The predicted molar refractivity (Wildman–Crippen MR) is 184 cm³/mol. The lowest BCUT2D eigenvalue weighted by Gasteiger charge is -2.18. The maximum atomic E-state index is 6.78. The lowest BCUT2D eigenvalue weighted by atomic mass is 9.85. The van der Waals surface area contributed by atoms with Gasteiger partial charge in [0.15, 0.2) is 0 Å². The number of rotatable bonds is 2. The molecule has 0 amide bonds. The summed E-state index contributed by atoms with van der Waals surface area (Å²) in [7, 11) is 0. The van der Waals surface area contributed by atoms with E-state index < -0.39 is 0 Å². The number of fused-ring (bicyclic) bond motifs is 10. The van der Waals surface area contributed by atoms with Gasteiger partial charge in [0.25, 0.3) is 0 Å². The highest BCUT2D eigenvalue weighted by Crippen LogP contribution is 2.48. The molecule has 204 valence electrons. The zero-order valence-electron chi connectivity index (χ0n) is 23.7. The van der Waals surface area contributed by atoms with Gasteiger partial charge in [-0.05, 0) is 67.7 Å². The molecule has 0 unspecified atom stereocenters. The van der Waals surface area contributed by atoms with Crippen molar-refractivity contribution in [3.05, 3.63) is 146 Å². The molecule has 0 aliphatic rings. The highest BCUT2D eigenvalue weighted by atomic mass is 16.3. The molecule has 0 radical (unpaired) electrons. The van der Waals surface area contributed by atoms with Gasteiger partial charge in [-0.1, -0.05) is 121 Å². The van der Waals surface area contributed by atoms with Gasteiger partial charge in [0.2, 0.25) is 0 Å². The van der Waals surface area contributed by atoms with Gasteiger partial charge < -0.3 is 8.83 Å². The summed E-state index contributed by atoms with van der Waals surface area (Å²) in [4.78, 5) is 0. The van der Waals surface area contributed by atoms with E-state index in [1.807, 2.05) is 24.3 Å². The number of benzene rings is 8. The summed E-state index contributed by atoms with van der Waals surface area (Å²) >= 11 is 0. The first-order chi connectivity index (χ1) is 21.8. The van der Waals surface area contributed by atoms with Gasteiger partial charge in [0, 0.05) is 32.7 Å². The highest BCUT2D eigenvalue weighted by Gasteiger charge is 2.22. The van der Waals surface area contributed by atoms with Gasteiger partial charge in [0.05, 0.1) is 0 Å². The zero-order chi connectivity index (χ0) is 28.8. The van der Waals surface area contributed by atoms with E-state index in [1.165, 1.54) is 49.0 Å². The predicted octanol–water partition coefficient (Wildman–Crippen LogP) is 12.3. The first-order valence-corrected chi connectivity index (χ1v) is 15.0. The van der Waals surface area contributed by atoms with Crippen molar-refractivity contribution in [3.8, 4) is 22.3 Å². The smallest absolute Gasteiger partial charge is 0.143 e. The Morgan fingerprint density at radius 3 is 1.66 bits per heavy atom. The molecular weight excluding hydrogens is 536 g/mol. The quantitative estimate of drug-likeness (QED) is 0.197. The van der Waals surface area contributed by atoms with Gasteiger partial charge in [-0.2, -0.15) is 0 Å². The van der Waals surface area contributed by atoms with Crippen LogP contribution in [0.5, 0.6) is 0 Å². The molecule has 2 aromatic heterocycles. The van der Waals surface area contributed by atoms with E-state index in [1.54, 1.807) is 0 Å². The molecule has 2 heterocycles. The Labute approximate surface area is 252 Å². The van der Waals surface area contributed by atoms with Crippen LogP contribution < -0.4 is 0 Å². The zero-order valence-corrected chi connectivity index (χ0v) is 23.7. The molecule has 0 fully saturated rings. The molecule has 8 aromatic carbocycles. The van der Waals surface area contributed by atoms with Gasteiger partial charge in [-0.25, -0.2) is 0 Å². The Balaban J connectivity index is 1.34. The molecule has 0 aliphatic carbocycles. The van der Waals surface area contributed by atoms with Crippen LogP contribution in [0.3, 0.4) is 0 Å². The highest BCUT2D eigenvalue weighted by molar-refractivity contribution is 6.29. The van der Waals surface area contributed by atoms with Crippen LogP contribution in [-0.2, 0) is 0 Å². The summed E-state index contributed by atoms with van der Waals surface area (Å²) in [5, 5.41) is 11.8. The van der Waals surface area contributed by atoms with E-state index in [2.05, 4.69) is 121 Å². The third-order valence-corrected chi connectivity index (χ3v) is 9.24. The maximum absolute atomic E-state index is 6.78. The van der Waals surface area contributed by atoms with Crippen LogP contribution in [0, 0.1) is 0 Å². The Hall–Kier alpha value is -5.86. The van der Waals surface area contributed by atoms with Crippen molar-refractivity contribution in [2.24, 2.45) is 0 Å². The molecule has 0 N–H and O–H groups in total. The normalized spacial score (nSPS) is 12.1. The van der Waals surface area contributed by atoms with Crippen molar-refractivity contribution >= 4 is 76.2 Å². The average molecular weight is 561 g/mol. The molecule has 0 atom stereocenters. The minimum atomic E-state index is 0.868.